The van der Waals surface area contributed by atoms with Crippen LogP contribution in [-0.2, 0) is 9.59 Å². The van der Waals surface area contributed by atoms with E-state index in [-0.39, 0.29) is 29.6 Å². The van der Waals surface area contributed by atoms with E-state index in [1.807, 2.05) is 13.8 Å². The van der Waals surface area contributed by atoms with E-state index >= 15 is 0 Å². The second-order valence-corrected chi connectivity index (χ2v) is 5.66. The van der Waals surface area contributed by atoms with Gasteiger partial charge in [0, 0.05) is 26.6 Å². The molecule has 1 aromatic carbocycles. The van der Waals surface area contributed by atoms with E-state index in [9.17, 15) is 14.0 Å². The monoisotopic (exact) mass is 306 g/mol. The molecule has 1 aliphatic rings. The first-order chi connectivity index (χ1) is 10.5. The number of benzene rings is 1. The smallest absolute Gasteiger partial charge is 0.228 e. The van der Waals surface area contributed by atoms with E-state index in [2.05, 4.69) is 0 Å². The van der Waals surface area contributed by atoms with Gasteiger partial charge >= 0.3 is 0 Å². The van der Waals surface area contributed by atoms with Crippen LogP contribution in [0.15, 0.2) is 24.3 Å². The number of piperidine rings is 1. The van der Waals surface area contributed by atoms with E-state index in [1.165, 1.54) is 12.1 Å². The summed E-state index contributed by atoms with van der Waals surface area (Å²) in [5.74, 6) is -0.496. The van der Waals surface area contributed by atoms with Gasteiger partial charge in [0.1, 0.15) is 5.82 Å². The van der Waals surface area contributed by atoms with Crippen LogP contribution in [0.3, 0.4) is 0 Å². The van der Waals surface area contributed by atoms with Crippen LogP contribution < -0.4 is 0 Å². The van der Waals surface area contributed by atoms with Gasteiger partial charge in [-0.05, 0) is 38.0 Å². The summed E-state index contributed by atoms with van der Waals surface area (Å²) in [6.45, 7) is 5.21. The van der Waals surface area contributed by atoms with E-state index in [1.54, 1.807) is 29.0 Å². The summed E-state index contributed by atoms with van der Waals surface area (Å²) in [6, 6.07) is 5.76. The van der Waals surface area contributed by atoms with Crippen LogP contribution >= 0.6 is 0 Å². The van der Waals surface area contributed by atoms with Crippen molar-refractivity contribution < 1.29 is 14.0 Å². The third kappa shape index (κ3) is 3.13. The van der Waals surface area contributed by atoms with Crippen LogP contribution in [0.2, 0.25) is 0 Å². The van der Waals surface area contributed by atoms with Gasteiger partial charge < -0.3 is 9.80 Å². The number of rotatable bonds is 4. The molecule has 0 unspecified atom stereocenters. The second-order valence-electron chi connectivity index (χ2n) is 5.66. The van der Waals surface area contributed by atoms with Gasteiger partial charge in [0.25, 0.3) is 0 Å². The molecule has 120 valence electrons. The Bertz CT molecular complexity index is 540. The molecule has 1 saturated heterocycles. The highest BCUT2D eigenvalue weighted by Crippen LogP contribution is 2.36. The molecular weight excluding hydrogens is 283 g/mol. The third-order valence-corrected chi connectivity index (χ3v) is 4.46. The molecule has 2 rings (SSSR count). The quantitative estimate of drug-likeness (QED) is 0.858. The number of carbonyl (C=O) groups excluding carboxylic acids is 2. The van der Waals surface area contributed by atoms with E-state index in [0.717, 1.165) is 5.56 Å². The van der Waals surface area contributed by atoms with Gasteiger partial charge in [-0.2, -0.15) is 0 Å². The highest BCUT2D eigenvalue weighted by Gasteiger charge is 2.40. The number of amides is 2. The zero-order valence-electron chi connectivity index (χ0n) is 13.4. The summed E-state index contributed by atoms with van der Waals surface area (Å²) >= 11 is 0. The average molecular weight is 306 g/mol. The minimum absolute atomic E-state index is 0.0259. The van der Waals surface area contributed by atoms with E-state index in [0.29, 0.717) is 25.9 Å². The fraction of sp³-hybridized carbons (Fsp3) is 0.529. The van der Waals surface area contributed by atoms with Gasteiger partial charge in [-0.15, -0.1) is 0 Å². The first-order valence-electron chi connectivity index (χ1n) is 7.79. The molecule has 1 aliphatic heterocycles. The molecule has 0 aromatic heterocycles. The lowest BCUT2D eigenvalue weighted by atomic mass is 9.83. The lowest BCUT2D eigenvalue weighted by Gasteiger charge is -2.40. The number of halogens is 1. The van der Waals surface area contributed by atoms with Gasteiger partial charge in [0.05, 0.1) is 12.0 Å². The summed E-state index contributed by atoms with van der Waals surface area (Å²) in [4.78, 5) is 28.3. The largest absolute Gasteiger partial charge is 0.343 e. The molecule has 0 bridgehead atoms. The topological polar surface area (TPSA) is 40.6 Å². The van der Waals surface area contributed by atoms with Crippen molar-refractivity contribution in [2.45, 2.75) is 32.7 Å². The first-order valence-corrected chi connectivity index (χ1v) is 7.79. The predicted octanol–water partition coefficient (Wildman–Crippen LogP) is 2.60. The van der Waals surface area contributed by atoms with Crippen LogP contribution in [0.1, 0.15) is 38.3 Å². The molecule has 4 nitrogen and oxygen atoms in total. The van der Waals surface area contributed by atoms with Crippen molar-refractivity contribution in [2.75, 3.05) is 20.1 Å². The molecule has 5 heteroatoms. The number of hydrogen-bond acceptors (Lipinski definition) is 2. The van der Waals surface area contributed by atoms with Crippen molar-refractivity contribution in [2.24, 2.45) is 5.92 Å². The summed E-state index contributed by atoms with van der Waals surface area (Å²) in [7, 11) is 1.72. The first kappa shape index (κ1) is 16.5. The molecule has 0 radical (unpaired) electrons. The van der Waals surface area contributed by atoms with Crippen LogP contribution in [0, 0.1) is 11.7 Å². The molecule has 2 amide bonds. The number of carbonyl (C=O) groups is 2. The zero-order chi connectivity index (χ0) is 16.3. The van der Waals surface area contributed by atoms with E-state index < -0.39 is 0 Å². The Hall–Kier alpha value is -1.91. The minimum atomic E-state index is -0.324. The van der Waals surface area contributed by atoms with Crippen molar-refractivity contribution in [3.05, 3.63) is 35.6 Å². The molecule has 1 aromatic rings. The standard InChI is InChI=1S/C17H23FN2O2/c1-4-20(5-2)17(22)14-10-11-15(21)19(3)16(14)12-6-8-13(18)9-7-12/h6-9,14,16H,4-5,10-11H2,1-3H3/t14-,16-/m0/s1. The Labute approximate surface area is 130 Å². The number of likely N-dealkylation sites (tertiary alicyclic amines) is 1. The maximum absolute atomic E-state index is 13.2. The number of hydrogen-bond donors (Lipinski definition) is 0. The van der Waals surface area contributed by atoms with Crippen molar-refractivity contribution in [1.29, 1.82) is 0 Å². The van der Waals surface area contributed by atoms with Crippen molar-refractivity contribution in [1.82, 2.24) is 9.80 Å². The van der Waals surface area contributed by atoms with E-state index in [4.69, 9.17) is 0 Å². The van der Waals surface area contributed by atoms with Gasteiger partial charge in [-0.25, -0.2) is 4.39 Å². The van der Waals surface area contributed by atoms with Crippen LogP contribution in [-0.4, -0.2) is 41.8 Å². The lowest BCUT2D eigenvalue weighted by Crippen LogP contribution is -2.47. The highest BCUT2D eigenvalue weighted by molar-refractivity contribution is 5.85. The fourth-order valence-corrected chi connectivity index (χ4v) is 3.18. The van der Waals surface area contributed by atoms with Gasteiger partial charge in [0.15, 0.2) is 0 Å². The second kappa shape index (κ2) is 6.90. The molecule has 0 N–H and O–H groups in total. The normalized spacial score (nSPS) is 21.8. The van der Waals surface area contributed by atoms with Crippen molar-refractivity contribution in [3.63, 3.8) is 0 Å². The van der Waals surface area contributed by atoms with Gasteiger partial charge in [-0.1, -0.05) is 12.1 Å². The summed E-state index contributed by atoms with van der Waals surface area (Å²) in [5.41, 5.74) is 0.808. The molecule has 0 aliphatic carbocycles. The van der Waals surface area contributed by atoms with Crippen molar-refractivity contribution in [3.8, 4) is 0 Å². The number of nitrogens with zero attached hydrogens (tertiary/aromatic N) is 2. The van der Waals surface area contributed by atoms with Crippen LogP contribution in [0.4, 0.5) is 4.39 Å². The molecule has 1 heterocycles. The maximum atomic E-state index is 13.2. The molecule has 1 fully saturated rings. The molecule has 0 saturated carbocycles. The molecule has 2 atom stereocenters. The third-order valence-electron chi connectivity index (χ3n) is 4.46. The van der Waals surface area contributed by atoms with Gasteiger partial charge in [0.2, 0.25) is 11.8 Å². The summed E-state index contributed by atoms with van der Waals surface area (Å²) in [6.07, 6.45) is 0.923. The average Bonchev–Trinajstić information content (AvgIpc) is 2.52. The zero-order valence-corrected chi connectivity index (χ0v) is 13.4. The van der Waals surface area contributed by atoms with Crippen LogP contribution in [0.5, 0.6) is 0 Å². The molecule has 0 spiro atoms. The minimum Gasteiger partial charge on any atom is -0.343 e. The Morgan fingerprint density at radius 2 is 1.86 bits per heavy atom. The van der Waals surface area contributed by atoms with Gasteiger partial charge in [-0.3, -0.25) is 9.59 Å². The predicted molar refractivity (Wildman–Crippen MR) is 82.6 cm³/mol. The Morgan fingerprint density at radius 3 is 2.41 bits per heavy atom. The summed E-state index contributed by atoms with van der Waals surface area (Å²) < 4.78 is 13.2. The Balaban J connectivity index is 2.35. The maximum Gasteiger partial charge on any atom is 0.228 e. The Kier molecular flexibility index (Phi) is 5.16. The lowest BCUT2D eigenvalue weighted by molar-refractivity contribution is -0.146. The Morgan fingerprint density at radius 1 is 1.27 bits per heavy atom. The molecule has 22 heavy (non-hydrogen) atoms. The molecular formula is C17H23FN2O2. The highest BCUT2D eigenvalue weighted by atomic mass is 19.1. The van der Waals surface area contributed by atoms with Crippen molar-refractivity contribution >= 4 is 11.8 Å². The van der Waals surface area contributed by atoms with Crippen LogP contribution in [0.25, 0.3) is 0 Å². The SMILES string of the molecule is CCN(CC)C(=O)[C@H]1CCC(=O)N(C)[C@H]1c1ccc(F)cc1. The summed E-state index contributed by atoms with van der Waals surface area (Å²) in [5, 5.41) is 0. The fourth-order valence-electron chi connectivity index (χ4n) is 3.18.